The molecule has 4 aromatic heterocycles. The van der Waals surface area contributed by atoms with Gasteiger partial charge in [-0.1, -0.05) is 6.92 Å². The predicted octanol–water partition coefficient (Wildman–Crippen LogP) is 0.734. The third kappa shape index (κ3) is 2.78. The average Bonchev–Trinajstić information content (AvgIpc) is 3.36. The highest BCUT2D eigenvalue weighted by atomic mass is 16.2. The highest BCUT2D eigenvalue weighted by molar-refractivity contribution is 5.78. The van der Waals surface area contributed by atoms with E-state index in [0.29, 0.717) is 34.9 Å². The number of nitrogens with one attached hydrogen (secondary N) is 1. The highest BCUT2D eigenvalue weighted by Gasteiger charge is 2.17. The molecule has 1 amide bonds. The van der Waals surface area contributed by atoms with Crippen LogP contribution in [-0.4, -0.2) is 58.6 Å². The minimum absolute atomic E-state index is 0.0585. The van der Waals surface area contributed by atoms with Crippen LogP contribution >= 0.6 is 0 Å². The maximum atomic E-state index is 12.9. The number of imidazole rings is 2. The number of rotatable bonds is 5. The molecule has 0 saturated carbocycles. The number of likely N-dealkylation sites (N-methyl/N-ethyl adjacent to an activating group) is 1. The number of aromatic amines is 1. The predicted molar refractivity (Wildman–Crippen MR) is 99.3 cm³/mol. The second-order valence-electron chi connectivity index (χ2n) is 6.55. The van der Waals surface area contributed by atoms with E-state index in [4.69, 9.17) is 0 Å². The number of carbonyl (C=O) groups excluding carboxylic acids is 1. The van der Waals surface area contributed by atoms with Gasteiger partial charge in [-0.15, -0.1) is 0 Å². The lowest BCUT2D eigenvalue weighted by atomic mass is 10.3. The third-order valence-corrected chi connectivity index (χ3v) is 4.38. The van der Waals surface area contributed by atoms with Crippen molar-refractivity contribution in [2.24, 2.45) is 0 Å². The lowest BCUT2D eigenvalue weighted by molar-refractivity contribution is -0.129. The molecular weight excluding hydrogens is 348 g/mol. The van der Waals surface area contributed by atoms with Crippen molar-refractivity contribution in [2.45, 2.75) is 26.4 Å². The molecule has 0 aromatic carbocycles. The molecule has 0 aliphatic heterocycles. The van der Waals surface area contributed by atoms with Crippen LogP contribution in [0.15, 0.2) is 29.6 Å². The molecule has 0 fully saturated rings. The molecule has 1 N–H and O–H groups in total. The molecule has 10 nitrogen and oxygen atoms in total. The van der Waals surface area contributed by atoms with Crippen molar-refractivity contribution < 1.29 is 4.79 Å². The van der Waals surface area contributed by atoms with Crippen LogP contribution in [0, 0.1) is 0 Å². The van der Waals surface area contributed by atoms with Gasteiger partial charge >= 0.3 is 0 Å². The van der Waals surface area contributed by atoms with Gasteiger partial charge in [-0.25, -0.2) is 9.97 Å². The normalized spacial score (nSPS) is 11.5. The number of aromatic nitrogens is 7. The monoisotopic (exact) mass is 368 g/mol. The molecule has 0 radical (unpaired) electrons. The molecule has 4 rings (SSSR count). The van der Waals surface area contributed by atoms with Gasteiger partial charge in [0.2, 0.25) is 11.7 Å². The molecule has 4 heterocycles. The molecule has 4 aromatic rings. The van der Waals surface area contributed by atoms with E-state index in [9.17, 15) is 9.59 Å². The van der Waals surface area contributed by atoms with Crippen molar-refractivity contribution in [2.75, 3.05) is 14.1 Å². The molecule has 140 valence electrons. The maximum absolute atomic E-state index is 12.9. The van der Waals surface area contributed by atoms with Gasteiger partial charge < -0.3 is 9.88 Å². The number of carbonyl (C=O) groups is 1. The van der Waals surface area contributed by atoms with Crippen molar-refractivity contribution >= 4 is 22.8 Å². The van der Waals surface area contributed by atoms with Crippen molar-refractivity contribution in [1.82, 2.24) is 38.6 Å². The van der Waals surface area contributed by atoms with Crippen LogP contribution in [0.1, 0.15) is 13.3 Å². The third-order valence-electron chi connectivity index (χ3n) is 4.38. The van der Waals surface area contributed by atoms with E-state index < -0.39 is 0 Å². The standard InChI is InChI=1S/C17H20N8O2/c1-4-6-25-16(27)13-15(24-7-5-18-17(24)25)21-14(20-13)11-8-19-23(9-11)10-12(26)22(2)3/h5,7-9H,4,6,10H2,1-3H3,(H,20,21). The Bertz CT molecular complexity index is 1190. The molecule has 0 aliphatic carbocycles. The van der Waals surface area contributed by atoms with Crippen molar-refractivity contribution in [1.29, 1.82) is 0 Å². The van der Waals surface area contributed by atoms with Crippen molar-refractivity contribution in [3.8, 4) is 11.4 Å². The van der Waals surface area contributed by atoms with Crippen LogP contribution in [0.3, 0.4) is 0 Å². The minimum Gasteiger partial charge on any atom is -0.347 e. The van der Waals surface area contributed by atoms with Gasteiger partial charge in [-0.2, -0.15) is 5.10 Å². The Morgan fingerprint density at radius 3 is 2.89 bits per heavy atom. The Balaban J connectivity index is 1.81. The van der Waals surface area contributed by atoms with Gasteiger partial charge in [-0.3, -0.25) is 23.2 Å². The van der Waals surface area contributed by atoms with Crippen LogP contribution in [0.4, 0.5) is 0 Å². The number of fused-ring (bicyclic) bond motifs is 3. The maximum Gasteiger partial charge on any atom is 0.280 e. The molecule has 10 heteroatoms. The first-order valence-corrected chi connectivity index (χ1v) is 8.68. The first-order valence-electron chi connectivity index (χ1n) is 8.68. The highest BCUT2D eigenvalue weighted by Crippen LogP contribution is 2.19. The molecule has 0 atom stereocenters. The van der Waals surface area contributed by atoms with Crippen LogP contribution in [0.2, 0.25) is 0 Å². The second-order valence-corrected chi connectivity index (χ2v) is 6.55. The minimum atomic E-state index is -0.153. The van der Waals surface area contributed by atoms with E-state index in [1.165, 1.54) is 4.90 Å². The summed E-state index contributed by atoms with van der Waals surface area (Å²) in [6, 6.07) is 0. The average molecular weight is 368 g/mol. The van der Waals surface area contributed by atoms with Crippen LogP contribution in [0.5, 0.6) is 0 Å². The summed E-state index contributed by atoms with van der Waals surface area (Å²) in [5.74, 6) is 1.03. The topological polar surface area (TPSA) is 106 Å². The van der Waals surface area contributed by atoms with E-state index in [2.05, 4.69) is 20.1 Å². The number of hydrogen-bond acceptors (Lipinski definition) is 5. The zero-order valence-corrected chi connectivity index (χ0v) is 15.4. The van der Waals surface area contributed by atoms with E-state index in [1.807, 2.05) is 6.92 Å². The summed E-state index contributed by atoms with van der Waals surface area (Å²) in [5.41, 5.74) is 1.49. The largest absolute Gasteiger partial charge is 0.347 e. The Kier molecular flexibility index (Phi) is 4.02. The number of hydrogen-bond donors (Lipinski definition) is 1. The molecule has 0 saturated heterocycles. The molecule has 0 aliphatic rings. The first kappa shape index (κ1) is 17.0. The number of aryl methyl sites for hydroxylation is 1. The van der Waals surface area contributed by atoms with E-state index in [1.54, 1.807) is 52.5 Å². The first-order chi connectivity index (χ1) is 13.0. The Hall–Kier alpha value is -3.43. The molecule has 0 spiro atoms. The van der Waals surface area contributed by atoms with Gasteiger partial charge in [0.25, 0.3) is 5.56 Å². The fraction of sp³-hybridized carbons (Fsp3) is 0.353. The Morgan fingerprint density at radius 1 is 1.33 bits per heavy atom. The van der Waals surface area contributed by atoms with Gasteiger partial charge in [0.05, 0.1) is 11.8 Å². The Morgan fingerprint density at radius 2 is 2.15 bits per heavy atom. The Labute approximate surface area is 154 Å². The zero-order chi connectivity index (χ0) is 19.1. The lowest BCUT2D eigenvalue weighted by Crippen LogP contribution is -2.26. The van der Waals surface area contributed by atoms with Gasteiger partial charge in [0.1, 0.15) is 12.4 Å². The fourth-order valence-electron chi connectivity index (χ4n) is 2.99. The summed E-state index contributed by atoms with van der Waals surface area (Å²) < 4.78 is 4.99. The van der Waals surface area contributed by atoms with Gasteiger partial charge in [-0.05, 0) is 6.42 Å². The quantitative estimate of drug-likeness (QED) is 0.559. The summed E-state index contributed by atoms with van der Waals surface area (Å²) in [5, 5.41) is 4.21. The van der Waals surface area contributed by atoms with Crippen molar-refractivity contribution in [3.63, 3.8) is 0 Å². The molecule has 0 bridgehead atoms. The van der Waals surface area contributed by atoms with Crippen LogP contribution in [-0.2, 0) is 17.9 Å². The summed E-state index contributed by atoms with van der Waals surface area (Å²) >= 11 is 0. The lowest BCUT2D eigenvalue weighted by Gasteiger charge is -2.09. The van der Waals surface area contributed by atoms with Gasteiger partial charge in [0.15, 0.2) is 11.2 Å². The second kappa shape index (κ2) is 6.38. The molecular formula is C17H20N8O2. The molecule has 0 unspecified atom stereocenters. The summed E-state index contributed by atoms with van der Waals surface area (Å²) in [6.45, 7) is 2.73. The smallest absolute Gasteiger partial charge is 0.280 e. The summed E-state index contributed by atoms with van der Waals surface area (Å²) in [7, 11) is 3.40. The molecule has 27 heavy (non-hydrogen) atoms. The van der Waals surface area contributed by atoms with Crippen LogP contribution < -0.4 is 5.56 Å². The fourth-order valence-corrected chi connectivity index (χ4v) is 2.99. The number of H-pyrrole nitrogens is 1. The van der Waals surface area contributed by atoms with Gasteiger partial charge in [0, 0.05) is 39.2 Å². The van der Waals surface area contributed by atoms with Crippen LogP contribution in [0.25, 0.3) is 28.3 Å². The summed E-state index contributed by atoms with van der Waals surface area (Å²) in [4.78, 5) is 38.2. The van der Waals surface area contributed by atoms with Crippen molar-refractivity contribution in [3.05, 3.63) is 35.1 Å². The SMILES string of the molecule is CCCn1c(=O)c2[nH]c(-c3cnn(CC(=O)N(C)C)c3)nc2n2ccnc12. The summed E-state index contributed by atoms with van der Waals surface area (Å²) in [6.07, 6.45) is 7.61. The number of nitrogens with zero attached hydrogens (tertiary/aromatic N) is 7. The number of amides is 1. The zero-order valence-electron chi connectivity index (χ0n) is 15.4. The van der Waals surface area contributed by atoms with E-state index >= 15 is 0 Å². The van der Waals surface area contributed by atoms with E-state index in [-0.39, 0.29) is 18.0 Å². The van der Waals surface area contributed by atoms with E-state index in [0.717, 1.165) is 6.42 Å².